The minimum Gasteiger partial charge on any atom is -0.367 e. The molecule has 1 aromatic carbocycles. The number of nitrogens with one attached hydrogen (secondary N) is 1. The van der Waals surface area contributed by atoms with E-state index < -0.39 is 11.7 Å². The van der Waals surface area contributed by atoms with Crippen molar-refractivity contribution in [2.24, 2.45) is 11.7 Å². The fourth-order valence-corrected chi connectivity index (χ4v) is 4.84. The van der Waals surface area contributed by atoms with Gasteiger partial charge in [-0.3, -0.25) is 9.59 Å². The Balaban J connectivity index is 1.80. The number of carbonyl (C=O) groups excluding carboxylic acids is 2. The summed E-state index contributed by atoms with van der Waals surface area (Å²) in [5.41, 5.74) is 8.48. The van der Waals surface area contributed by atoms with E-state index in [-0.39, 0.29) is 17.5 Å². The van der Waals surface area contributed by atoms with Crippen molar-refractivity contribution < 1.29 is 14.0 Å². The van der Waals surface area contributed by atoms with Gasteiger partial charge in [-0.15, -0.1) is 0 Å². The molecule has 3 heterocycles. The number of amides is 2. The van der Waals surface area contributed by atoms with Crippen molar-refractivity contribution in [3.05, 3.63) is 41.4 Å². The van der Waals surface area contributed by atoms with Crippen LogP contribution in [0.5, 0.6) is 0 Å². The molecule has 2 atom stereocenters. The third kappa shape index (κ3) is 2.68. The van der Waals surface area contributed by atoms with Crippen molar-refractivity contribution in [1.82, 2.24) is 9.88 Å². The number of primary amides is 1. The molecule has 2 aromatic rings. The number of fused-ring (bicyclic) bond motifs is 2. The largest absolute Gasteiger partial charge is 0.367 e. The molecule has 6 nitrogen and oxygen atoms in total. The van der Waals surface area contributed by atoms with Gasteiger partial charge in [-0.2, -0.15) is 0 Å². The van der Waals surface area contributed by atoms with Gasteiger partial charge in [-0.25, -0.2) is 4.39 Å². The summed E-state index contributed by atoms with van der Waals surface area (Å²) in [4.78, 5) is 31.1. The smallest absolute Gasteiger partial charge is 0.250 e. The van der Waals surface area contributed by atoms with Crippen molar-refractivity contribution in [3.8, 4) is 0 Å². The number of aromatic nitrogens is 1. The van der Waals surface area contributed by atoms with E-state index in [1.54, 1.807) is 0 Å². The first-order valence-corrected chi connectivity index (χ1v) is 9.62. The molecular weight excluding hydrogens is 359 g/mol. The monoisotopic (exact) mass is 384 g/mol. The number of hydrogen-bond donors (Lipinski definition) is 2. The summed E-state index contributed by atoms with van der Waals surface area (Å²) < 4.78 is 15.2. The molecule has 28 heavy (non-hydrogen) atoms. The number of rotatable bonds is 3. The molecule has 148 valence electrons. The first kappa shape index (κ1) is 18.5. The molecule has 2 unspecified atom stereocenters. The van der Waals surface area contributed by atoms with Gasteiger partial charge in [0.05, 0.1) is 22.8 Å². The van der Waals surface area contributed by atoms with E-state index in [0.717, 1.165) is 30.6 Å². The molecular formula is C21H25FN4O2. The van der Waals surface area contributed by atoms with Gasteiger partial charge in [0.15, 0.2) is 0 Å². The quantitative estimate of drug-likeness (QED) is 0.798. The number of H-pyrrole nitrogens is 1. The Morgan fingerprint density at radius 1 is 1.32 bits per heavy atom. The summed E-state index contributed by atoms with van der Waals surface area (Å²) in [5.74, 6) is -0.759. The summed E-state index contributed by atoms with van der Waals surface area (Å²) in [6.07, 6.45) is 3.22. The Morgan fingerprint density at radius 2 is 2.04 bits per heavy atom. The zero-order chi connectivity index (χ0) is 20.2. The highest BCUT2D eigenvalue weighted by Gasteiger charge is 2.41. The Bertz CT molecular complexity index is 996. The number of nitrogens with zero attached hydrogens (tertiary/aromatic N) is 2. The standard InChI is InChI=1S/C21H25FN4O2/c1-4-17(27)26-8-6-13-5-7-25(10-16(13)26)20-15(22)9-14(21(23)28)19-18(20)11(2)12(3)24-19/h4,9,13,16,24H,1,5-8,10H2,2-3H3,(H2,23,28). The molecule has 0 saturated carbocycles. The van der Waals surface area contributed by atoms with Gasteiger partial charge in [0.1, 0.15) is 5.82 Å². The van der Waals surface area contributed by atoms with E-state index in [9.17, 15) is 9.59 Å². The second kappa shape index (κ2) is 6.65. The van der Waals surface area contributed by atoms with Crippen molar-refractivity contribution in [3.63, 3.8) is 0 Å². The molecule has 3 N–H and O–H groups in total. The average molecular weight is 384 g/mol. The van der Waals surface area contributed by atoms with Crippen molar-refractivity contribution in [2.45, 2.75) is 32.7 Å². The van der Waals surface area contributed by atoms with Crippen LogP contribution in [0.3, 0.4) is 0 Å². The predicted octanol–water partition coefficient (Wildman–Crippen LogP) is 2.64. The number of carbonyl (C=O) groups is 2. The summed E-state index contributed by atoms with van der Waals surface area (Å²) >= 11 is 0. The van der Waals surface area contributed by atoms with Crippen LogP contribution in [-0.2, 0) is 4.79 Å². The lowest BCUT2D eigenvalue weighted by atomic mass is 9.91. The van der Waals surface area contributed by atoms with Crippen LogP contribution >= 0.6 is 0 Å². The van der Waals surface area contributed by atoms with Crippen molar-refractivity contribution in [1.29, 1.82) is 0 Å². The zero-order valence-corrected chi connectivity index (χ0v) is 16.2. The molecule has 2 aliphatic heterocycles. The first-order chi connectivity index (χ1) is 13.3. The van der Waals surface area contributed by atoms with Gasteiger partial charge < -0.3 is 20.5 Å². The number of benzene rings is 1. The van der Waals surface area contributed by atoms with Crippen LogP contribution in [0.15, 0.2) is 18.7 Å². The Kier molecular flexibility index (Phi) is 4.40. The molecule has 2 aliphatic rings. The number of piperidine rings is 1. The van der Waals surface area contributed by atoms with Crippen LogP contribution in [0.2, 0.25) is 0 Å². The number of halogens is 1. The average Bonchev–Trinajstić information content (AvgIpc) is 3.22. The molecule has 0 radical (unpaired) electrons. The number of aromatic amines is 1. The minimum absolute atomic E-state index is 0.0462. The number of likely N-dealkylation sites (tertiary alicyclic amines) is 1. The molecule has 7 heteroatoms. The maximum absolute atomic E-state index is 15.2. The predicted molar refractivity (Wildman–Crippen MR) is 107 cm³/mol. The van der Waals surface area contributed by atoms with Crippen LogP contribution in [0.25, 0.3) is 10.9 Å². The molecule has 4 rings (SSSR count). The molecule has 2 saturated heterocycles. The van der Waals surface area contributed by atoms with E-state index in [2.05, 4.69) is 11.6 Å². The molecule has 0 aliphatic carbocycles. The van der Waals surface area contributed by atoms with Crippen LogP contribution in [0.4, 0.5) is 10.1 Å². The highest BCUT2D eigenvalue weighted by Crippen LogP contribution is 2.40. The highest BCUT2D eigenvalue weighted by molar-refractivity contribution is 6.10. The summed E-state index contributed by atoms with van der Waals surface area (Å²) in [5, 5.41) is 0.698. The number of nitrogens with two attached hydrogens (primary N) is 1. The maximum atomic E-state index is 15.2. The van der Waals surface area contributed by atoms with Gasteiger partial charge >= 0.3 is 0 Å². The van der Waals surface area contributed by atoms with E-state index in [1.165, 1.54) is 12.1 Å². The molecule has 2 amide bonds. The number of anilines is 1. The van der Waals surface area contributed by atoms with Gasteiger partial charge in [0.2, 0.25) is 5.91 Å². The van der Waals surface area contributed by atoms with E-state index in [1.807, 2.05) is 23.6 Å². The summed E-state index contributed by atoms with van der Waals surface area (Å²) in [6, 6.07) is 1.27. The fraction of sp³-hybridized carbons (Fsp3) is 0.429. The molecule has 0 spiro atoms. The maximum Gasteiger partial charge on any atom is 0.250 e. The third-order valence-corrected chi connectivity index (χ3v) is 6.41. The normalized spacial score (nSPS) is 21.8. The second-order valence-electron chi connectivity index (χ2n) is 7.83. The SMILES string of the molecule is C=CC(=O)N1CCC2CCN(c3c(F)cc(C(N)=O)c4[nH]c(C)c(C)c34)CC21. The zero-order valence-electron chi connectivity index (χ0n) is 16.2. The van der Waals surface area contributed by atoms with Gasteiger partial charge in [0.25, 0.3) is 5.91 Å². The van der Waals surface area contributed by atoms with Crippen LogP contribution in [0.1, 0.15) is 34.5 Å². The van der Waals surface area contributed by atoms with Crippen LogP contribution in [-0.4, -0.2) is 47.4 Å². The van der Waals surface area contributed by atoms with Crippen molar-refractivity contribution >= 4 is 28.4 Å². The minimum atomic E-state index is -0.658. The fourth-order valence-electron chi connectivity index (χ4n) is 4.84. The first-order valence-electron chi connectivity index (χ1n) is 9.62. The van der Waals surface area contributed by atoms with Crippen LogP contribution in [0, 0.1) is 25.6 Å². The summed E-state index contributed by atoms with van der Waals surface area (Å²) in [7, 11) is 0. The number of aryl methyl sites for hydroxylation is 2. The van der Waals surface area contributed by atoms with Gasteiger partial charge in [-0.05, 0) is 50.3 Å². The lowest BCUT2D eigenvalue weighted by Crippen LogP contribution is -2.50. The van der Waals surface area contributed by atoms with Crippen LogP contribution < -0.4 is 10.6 Å². The third-order valence-electron chi connectivity index (χ3n) is 6.41. The number of hydrogen-bond acceptors (Lipinski definition) is 3. The molecule has 0 bridgehead atoms. The van der Waals surface area contributed by atoms with Gasteiger partial charge in [-0.1, -0.05) is 6.58 Å². The molecule has 1 aromatic heterocycles. The van der Waals surface area contributed by atoms with E-state index >= 15 is 4.39 Å². The second-order valence-corrected chi connectivity index (χ2v) is 7.83. The highest BCUT2D eigenvalue weighted by atomic mass is 19.1. The Hall–Kier alpha value is -2.83. The Labute approximate surface area is 163 Å². The van der Waals surface area contributed by atoms with Gasteiger partial charge in [0, 0.05) is 30.7 Å². The summed E-state index contributed by atoms with van der Waals surface area (Å²) in [6.45, 7) is 9.41. The Morgan fingerprint density at radius 3 is 2.71 bits per heavy atom. The lowest BCUT2D eigenvalue weighted by Gasteiger charge is -2.40. The topological polar surface area (TPSA) is 82.4 Å². The van der Waals surface area contributed by atoms with E-state index in [0.29, 0.717) is 35.6 Å². The van der Waals surface area contributed by atoms with Crippen molar-refractivity contribution in [2.75, 3.05) is 24.5 Å². The lowest BCUT2D eigenvalue weighted by molar-refractivity contribution is -0.127. The molecule has 2 fully saturated rings. The van der Waals surface area contributed by atoms with E-state index in [4.69, 9.17) is 5.73 Å².